The summed E-state index contributed by atoms with van der Waals surface area (Å²) in [4.78, 5) is 30.7. The zero-order valence-electron chi connectivity index (χ0n) is 20.2. The summed E-state index contributed by atoms with van der Waals surface area (Å²) in [6.07, 6.45) is 7.75. The van der Waals surface area contributed by atoms with E-state index < -0.39 is 12.1 Å². The second-order valence-corrected chi connectivity index (χ2v) is 9.37. The molecule has 0 saturated heterocycles. The largest absolute Gasteiger partial charge is 0.490 e. The van der Waals surface area contributed by atoms with Crippen molar-refractivity contribution < 1.29 is 27.9 Å². The zero-order valence-corrected chi connectivity index (χ0v) is 21.0. The highest BCUT2D eigenvalue weighted by molar-refractivity contribution is 6.33. The van der Waals surface area contributed by atoms with Gasteiger partial charge in [-0.3, -0.25) is 4.79 Å². The van der Waals surface area contributed by atoms with Crippen molar-refractivity contribution in [2.45, 2.75) is 57.2 Å². The van der Waals surface area contributed by atoms with Gasteiger partial charge in [-0.25, -0.2) is 19.3 Å². The molecule has 1 amide bonds. The average molecular weight is 552 g/mol. The second-order valence-electron chi connectivity index (χ2n) is 8.96. The fourth-order valence-electron chi connectivity index (χ4n) is 4.71. The lowest BCUT2D eigenvalue weighted by atomic mass is 9.83. The normalized spacial score (nSPS) is 15.2. The van der Waals surface area contributed by atoms with E-state index in [9.17, 15) is 18.0 Å². The molecule has 202 valence electrons. The van der Waals surface area contributed by atoms with Gasteiger partial charge in [-0.15, -0.1) is 5.10 Å². The summed E-state index contributed by atoms with van der Waals surface area (Å²) < 4.78 is 35.3. The number of alkyl halides is 3. The number of imidazole rings is 1. The fourth-order valence-corrected chi connectivity index (χ4v) is 4.97. The highest BCUT2D eigenvalue weighted by atomic mass is 35.5. The van der Waals surface area contributed by atoms with Gasteiger partial charge in [0.1, 0.15) is 5.56 Å². The van der Waals surface area contributed by atoms with E-state index in [0.717, 1.165) is 23.9 Å². The van der Waals surface area contributed by atoms with Crippen molar-refractivity contribution in [3.63, 3.8) is 0 Å². The van der Waals surface area contributed by atoms with Gasteiger partial charge in [0.15, 0.2) is 11.5 Å². The molecule has 38 heavy (non-hydrogen) atoms. The summed E-state index contributed by atoms with van der Waals surface area (Å²) in [7, 11) is 0. The number of amides is 1. The molecule has 4 heterocycles. The molecule has 10 nitrogen and oxygen atoms in total. The maximum Gasteiger partial charge on any atom is 0.490 e. The molecule has 0 aliphatic heterocycles. The minimum Gasteiger partial charge on any atom is -0.475 e. The van der Waals surface area contributed by atoms with E-state index in [0.29, 0.717) is 16.6 Å². The van der Waals surface area contributed by atoms with Crippen LogP contribution in [0.5, 0.6) is 0 Å². The molecule has 4 aromatic heterocycles. The first kappa shape index (κ1) is 27.2. The lowest BCUT2D eigenvalue weighted by molar-refractivity contribution is -0.192. The third-order valence-electron chi connectivity index (χ3n) is 6.42. The number of carboxylic acids is 1. The van der Waals surface area contributed by atoms with E-state index in [-0.39, 0.29) is 23.3 Å². The molecule has 4 N–H and O–H groups in total. The number of nitrogens with zero attached hydrogens (tertiary/aromatic N) is 5. The Kier molecular flexibility index (Phi) is 7.76. The van der Waals surface area contributed by atoms with E-state index in [1.165, 1.54) is 29.5 Å². The van der Waals surface area contributed by atoms with Crippen LogP contribution in [0.3, 0.4) is 0 Å². The van der Waals surface area contributed by atoms with Crippen molar-refractivity contribution in [1.29, 1.82) is 0 Å². The van der Waals surface area contributed by atoms with Crippen LogP contribution in [0.2, 0.25) is 5.02 Å². The number of halogens is 4. The Morgan fingerprint density at radius 1 is 1.26 bits per heavy atom. The Balaban J connectivity index is 0.000000426. The second kappa shape index (κ2) is 10.9. The van der Waals surface area contributed by atoms with E-state index >= 15 is 0 Å². The van der Waals surface area contributed by atoms with Crippen LogP contribution in [0.1, 0.15) is 72.6 Å². The van der Waals surface area contributed by atoms with Gasteiger partial charge in [0.05, 0.1) is 29.1 Å². The van der Waals surface area contributed by atoms with E-state index in [1.54, 1.807) is 24.7 Å². The topological polar surface area (TPSA) is 140 Å². The van der Waals surface area contributed by atoms with Gasteiger partial charge >= 0.3 is 12.1 Å². The predicted molar refractivity (Wildman–Crippen MR) is 133 cm³/mol. The number of aromatic nitrogens is 5. The Hall–Kier alpha value is -3.87. The number of hydrogen-bond acceptors (Lipinski definition) is 6. The van der Waals surface area contributed by atoms with E-state index in [1.807, 2.05) is 19.3 Å². The highest BCUT2D eigenvalue weighted by Gasteiger charge is 2.38. The maximum absolute atomic E-state index is 13.2. The number of hydrogen-bond donors (Lipinski definition) is 3. The SMILES string of the molecule is CC(NC(=O)c1c(N)nn2cccnc12)c1cc(Cl)c2cncn2c1C1CCCCC1.O=C(O)C(F)(F)F. The standard InChI is InChI=1S/C22H24ClN7O.C2HF3O2/c1-13(27-22(31)18-20(24)28-30-9-5-8-26-21(18)30)15-10-16(23)17-11-25-12-29(17)19(15)14-6-3-2-4-7-14;3-2(4,5)1(6)7/h5,8-14H,2-4,6-7H2,1H3,(H2,24,28)(H,27,31);(H,6,7). The fraction of sp³-hybridized carbons (Fsp3) is 0.375. The summed E-state index contributed by atoms with van der Waals surface area (Å²) in [5.41, 5.74) is 9.81. The zero-order chi connectivity index (χ0) is 27.6. The summed E-state index contributed by atoms with van der Waals surface area (Å²) in [6, 6.07) is 3.42. The number of carbonyl (C=O) groups is 2. The van der Waals surface area contributed by atoms with Crippen LogP contribution in [0, 0.1) is 0 Å². The number of nitrogen functional groups attached to an aromatic ring is 1. The molecule has 5 rings (SSSR count). The Bertz CT molecular complexity index is 1480. The third-order valence-corrected chi connectivity index (χ3v) is 6.72. The number of nitrogens with two attached hydrogens (primary N) is 1. The molecule has 1 aliphatic carbocycles. The first-order valence-electron chi connectivity index (χ1n) is 11.8. The van der Waals surface area contributed by atoms with Crippen molar-refractivity contribution in [1.82, 2.24) is 29.3 Å². The molecule has 1 unspecified atom stereocenters. The first-order valence-corrected chi connectivity index (χ1v) is 12.2. The van der Waals surface area contributed by atoms with Gasteiger partial charge in [-0.05, 0) is 43.4 Å². The molecule has 1 saturated carbocycles. The summed E-state index contributed by atoms with van der Waals surface area (Å²) in [5.74, 6) is -2.51. The monoisotopic (exact) mass is 551 g/mol. The van der Waals surface area contributed by atoms with Crippen LogP contribution < -0.4 is 11.1 Å². The minimum atomic E-state index is -5.08. The van der Waals surface area contributed by atoms with Crippen LogP contribution in [0.15, 0.2) is 37.1 Å². The van der Waals surface area contributed by atoms with Gasteiger partial charge in [0, 0.05) is 18.1 Å². The minimum absolute atomic E-state index is 0.152. The lowest BCUT2D eigenvalue weighted by Gasteiger charge is -2.28. The van der Waals surface area contributed by atoms with Crippen LogP contribution >= 0.6 is 11.6 Å². The number of rotatable bonds is 4. The van der Waals surface area contributed by atoms with Gasteiger partial charge < -0.3 is 20.6 Å². The Morgan fingerprint density at radius 3 is 2.61 bits per heavy atom. The Labute approximate surface area is 219 Å². The molecule has 0 aromatic carbocycles. The summed E-state index contributed by atoms with van der Waals surface area (Å²) >= 11 is 6.58. The quantitative estimate of drug-likeness (QED) is 0.331. The van der Waals surface area contributed by atoms with Crippen LogP contribution in [-0.4, -0.2) is 47.1 Å². The summed E-state index contributed by atoms with van der Waals surface area (Å²) in [6.45, 7) is 1.97. The number of carboxylic acid groups (broad SMARTS) is 1. The molecule has 0 radical (unpaired) electrons. The van der Waals surface area contributed by atoms with E-state index in [4.69, 9.17) is 27.2 Å². The predicted octanol–water partition coefficient (Wildman–Crippen LogP) is 4.78. The average Bonchev–Trinajstić information content (AvgIpc) is 3.48. The van der Waals surface area contributed by atoms with Crippen LogP contribution in [0.25, 0.3) is 11.2 Å². The lowest BCUT2D eigenvalue weighted by Crippen LogP contribution is -2.29. The number of fused-ring (bicyclic) bond motifs is 2. The molecule has 1 fully saturated rings. The van der Waals surface area contributed by atoms with Gasteiger partial charge in [0.25, 0.3) is 5.91 Å². The van der Waals surface area contributed by atoms with Crippen molar-refractivity contribution >= 4 is 40.5 Å². The van der Waals surface area contributed by atoms with Gasteiger partial charge in [-0.2, -0.15) is 13.2 Å². The van der Waals surface area contributed by atoms with Crippen molar-refractivity contribution in [3.05, 3.63) is 58.9 Å². The van der Waals surface area contributed by atoms with Crippen molar-refractivity contribution in [2.75, 3.05) is 5.73 Å². The number of carbonyl (C=O) groups excluding carboxylic acids is 1. The number of anilines is 1. The number of pyridine rings is 1. The van der Waals surface area contributed by atoms with Crippen LogP contribution in [-0.2, 0) is 4.79 Å². The van der Waals surface area contributed by atoms with Crippen LogP contribution in [0.4, 0.5) is 19.0 Å². The number of aliphatic carboxylic acids is 1. The molecule has 0 bridgehead atoms. The van der Waals surface area contributed by atoms with Crippen molar-refractivity contribution in [3.8, 4) is 0 Å². The summed E-state index contributed by atoms with van der Waals surface area (Å²) in [5, 5.41) is 15.0. The highest BCUT2D eigenvalue weighted by Crippen LogP contribution is 2.38. The molecule has 0 spiro atoms. The molecule has 4 aromatic rings. The first-order chi connectivity index (χ1) is 18.0. The molecule has 1 atom stereocenters. The maximum atomic E-state index is 13.2. The molecule has 1 aliphatic rings. The Morgan fingerprint density at radius 2 is 1.95 bits per heavy atom. The third kappa shape index (κ3) is 5.52. The molecular weight excluding hydrogens is 527 g/mol. The van der Waals surface area contributed by atoms with E-state index in [2.05, 4.69) is 24.8 Å². The molecular formula is C24H25ClF3N7O3. The smallest absolute Gasteiger partial charge is 0.475 e. The number of nitrogens with one attached hydrogen (secondary N) is 1. The van der Waals surface area contributed by atoms with Crippen molar-refractivity contribution in [2.24, 2.45) is 0 Å². The van der Waals surface area contributed by atoms with Gasteiger partial charge in [0.2, 0.25) is 0 Å². The molecule has 14 heteroatoms. The van der Waals surface area contributed by atoms with Gasteiger partial charge in [-0.1, -0.05) is 30.9 Å².